The third-order valence-electron chi connectivity index (χ3n) is 3.71. The van der Waals surface area contributed by atoms with Crippen molar-refractivity contribution >= 4 is 17.0 Å². The van der Waals surface area contributed by atoms with Crippen molar-refractivity contribution in [1.82, 2.24) is 9.55 Å². The van der Waals surface area contributed by atoms with Gasteiger partial charge in [-0.3, -0.25) is 4.57 Å². The summed E-state index contributed by atoms with van der Waals surface area (Å²) in [7, 11) is 0. The molecule has 2 N–H and O–H groups in total. The molecule has 1 aliphatic carbocycles. The Hall–Kier alpha value is -2.04. The fourth-order valence-electron chi connectivity index (χ4n) is 2.66. The number of aromatic nitrogens is 2. The molecule has 1 heterocycles. The smallest absolute Gasteiger partial charge is 0.337 e. The molecule has 3 rings (SSSR count). The highest BCUT2D eigenvalue weighted by Gasteiger charge is 2.39. The summed E-state index contributed by atoms with van der Waals surface area (Å²) in [5, 5.41) is 9.21. The summed E-state index contributed by atoms with van der Waals surface area (Å²) in [5.41, 5.74) is 1.10. The van der Waals surface area contributed by atoms with Gasteiger partial charge in [-0.1, -0.05) is 19.4 Å². The maximum atomic E-state index is 12.0. The predicted octanol–water partition coefficient (Wildman–Crippen LogP) is 2.00. The minimum absolute atomic E-state index is 0.150. The van der Waals surface area contributed by atoms with Crippen LogP contribution in [0.25, 0.3) is 11.0 Å². The van der Waals surface area contributed by atoms with Crippen molar-refractivity contribution in [2.45, 2.75) is 25.8 Å². The van der Waals surface area contributed by atoms with E-state index in [1.807, 2.05) is 0 Å². The molecule has 1 aromatic carbocycles. The number of rotatable bonds is 3. The Morgan fingerprint density at radius 1 is 1.56 bits per heavy atom. The monoisotopic (exact) mass is 246 g/mol. The van der Waals surface area contributed by atoms with Crippen molar-refractivity contribution in [3.8, 4) is 0 Å². The molecule has 1 aliphatic rings. The van der Waals surface area contributed by atoms with Crippen molar-refractivity contribution in [2.24, 2.45) is 5.92 Å². The number of nitrogens with zero attached hydrogens (tertiary/aromatic N) is 1. The molecule has 5 heteroatoms. The third-order valence-corrected chi connectivity index (χ3v) is 3.71. The highest BCUT2D eigenvalue weighted by Crippen LogP contribution is 2.46. The Kier molecular flexibility index (Phi) is 2.29. The number of H-pyrrole nitrogens is 1. The number of fused-ring (bicyclic) bond motifs is 1. The third kappa shape index (κ3) is 1.47. The zero-order valence-electron chi connectivity index (χ0n) is 10.0. The number of hydrogen-bond donors (Lipinski definition) is 2. The topological polar surface area (TPSA) is 75.1 Å². The van der Waals surface area contributed by atoms with E-state index in [0.29, 0.717) is 17.0 Å². The molecule has 0 amide bonds. The summed E-state index contributed by atoms with van der Waals surface area (Å²) < 4.78 is 1.62. The van der Waals surface area contributed by atoms with E-state index in [0.717, 1.165) is 12.8 Å². The predicted molar refractivity (Wildman–Crippen MR) is 67.0 cm³/mol. The van der Waals surface area contributed by atoms with Gasteiger partial charge in [-0.15, -0.1) is 0 Å². The molecule has 2 aromatic rings. The molecule has 2 unspecified atom stereocenters. The number of para-hydroxylation sites is 1. The number of nitrogens with one attached hydrogen (secondary N) is 1. The van der Waals surface area contributed by atoms with Crippen molar-refractivity contribution < 1.29 is 9.90 Å². The highest BCUT2D eigenvalue weighted by molar-refractivity contribution is 6.01. The van der Waals surface area contributed by atoms with E-state index in [1.54, 1.807) is 16.7 Å². The van der Waals surface area contributed by atoms with E-state index in [4.69, 9.17) is 0 Å². The number of aromatic carboxylic acids is 1. The molecule has 0 saturated heterocycles. The molecule has 0 spiro atoms. The van der Waals surface area contributed by atoms with Crippen LogP contribution in [-0.4, -0.2) is 20.6 Å². The van der Waals surface area contributed by atoms with Gasteiger partial charge in [0.1, 0.15) is 0 Å². The van der Waals surface area contributed by atoms with Gasteiger partial charge in [0.25, 0.3) is 0 Å². The quantitative estimate of drug-likeness (QED) is 0.869. The number of carboxylic acids is 1. The molecule has 5 nitrogen and oxygen atoms in total. The lowest BCUT2D eigenvalue weighted by molar-refractivity contribution is 0.0698. The van der Waals surface area contributed by atoms with Gasteiger partial charge in [-0.25, -0.2) is 9.59 Å². The standard InChI is InChI=1S/C13H14N2O3/c1-2-7-6-10(7)15-11-8(12(16)17)4-3-5-9(11)14-13(15)18/h3-5,7,10H,2,6H2,1H3,(H,14,18)(H,16,17). The van der Waals surface area contributed by atoms with E-state index in [9.17, 15) is 14.7 Å². The summed E-state index contributed by atoms with van der Waals surface area (Å²) >= 11 is 0. The van der Waals surface area contributed by atoms with Crippen LogP contribution in [0.5, 0.6) is 0 Å². The van der Waals surface area contributed by atoms with Crippen LogP contribution in [0.2, 0.25) is 0 Å². The van der Waals surface area contributed by atoms with Crippen LogP contribution in [0.15, 0.2) is 23.0 Å². The average molecular weight is 246 g/mol. The highest BCUT2D eigenvalue weighted by atomic mass is 16.4. The molecule has 0 bridgehead atoms. The Morgan fingerprint density at radius 2 is 2.33 bits per heavy atom. The second kappa shape index (κ2) is 3.73. The summed E-state index contributed by atoms with van der Waals surface area (Å²) in [6.07, 6.45) is 1.97. The van der Waals surface area contributed by atoms with Crippen molar-refractivity contribution in [3.63, 3.8) is 0 Å². The molecule has 94 valence electrons. The lowest BCUT2D eigenvalue weighted by Gasteiger charge is -2.04. The van der Waals surface area contributed by atoms with Crippen LogP contribution < -0.4 is 5.69 Å². The van der Waals surface area contributed by atoms with E-state index >= 15 is 0 Å². The first-order valence-electron chi connectivity index (χ1n) is 6.10. The molecule has 0 radical (unpaired) electrons. The number of benzene rings is 1. The van der Waals surface area contributed by atoms with Gasteiger partial charge < -0.3 is 10.1 Å². The first-order valence-corrected chi connectivity index (χ1v) is 6.10. The van der Waals surface area contributed by atoms with E-state index < -0.39 is 5.97 Å². The Morgan fingerprint density at radius 3 is 2.94 bits per heavy atom. The SMILES string of the molecule is CCC1CC1n1c(=O)[nH]c2cccc(C(=O)O)c21. The van der Waals surface area contributed by atoms with Crippen LogP contribution in [0, 0.1) is 5.92 Å². The second-order valence-corrected chi connectivity index (χ2v) is 4.78. The summed E-state index contributed by atoms with van der Waals surface area (Å²) in [5.74, 6) is -0.509. The zero-order chi connectivity index (χ0) is 12.9. The first kappa shape index (κ1) is 11.1. The fourth-order valence-corrected chi connectivity index (χ4v) is 2.66. The van der Waals surface area contributed by atoms with Crippen LogP contribution in [0.3, 0.4) is 0 Å². The van der Waals surface area contributed by atoms with E-state index in [-0.39, 0.29) is 17.3 Å². The molecule has 18 heavy (non-hydrogen) atoms. The van der Waals surface area contributed by atoms with Gasteiger partial charge in [-0.05, 0) is 24.5 Å². The Labute approximate surface area is 103 Å². The number of hydrogen-bond acceptors (Lipinski definition) is 2. The van der Waals surface area contributed by atoms with Crippen LogP contribution in [0.1, 0.15) is 36.2 Å². The average Bonchev–Trinajstić information content (AvgIpc) is 3.03. The largest absolute Gasteiger partial charge is 0.478 e. The van der Waals surface area contributed by atoms with Crippen molar-refractivity contribution in [2.75, 3.05) is 0 Å². The molecule has 1 aromatic heterocycles. The van der Waals surface area contributed by atoms with Gasteiger partial charge in [0.05, 0.1) is 16.6 Å². The Balaban J connectivity index is 2.27. The maximum absolute atomic E-state index is 12.0. The molecular formula is C13H14N2O3. The summed E-state index contributed by atoms with van der Waals surface area (Å²) in [6, 6.07) is 5.08. The number of carbonyl (C=O) groups is 1. The lowest BCUT2D eigenvalue weighted by atomic mass is 10.2. The number of aromatic amines is 1. The minimum atomic E-state index is -0.998. The molecule has 0 aliphatic heterocycles. The second-order valence-electron chi connectivity index (χ2n) is 4.78. The summed E-state index contributed by atoms with van der Waals surface area (Å²) in [6.45, 7) is 2.09. The van der Waals surface area contributed by atoms with Gasteiger partial charge in [0.2, 0.25) is 0 Å². The van der Waals surface area contributed by atoms with Crippen LogP contribution in [0.4, 0.5) is 0 Å². The molecule has 1 saturated carbocycles. The number of carboxylic acid groups (broad SMARTS) is 1. The van der Waals surface area contributed by atoms with Gasteiger partial charge in [0, 0.05) is 6.04 Å². The zero-order valence-corrected chi connectivity index (χ0v) is 10.0. The van der Waals surface area contributed by atoms with Crippen molar-refractivity contribution in [1.29, 1.82) is 0 Å². The van der Waals surface area contributed by atoms with E-state index in [1.165, 1.54) is 6.07 Å². The van der Waals surface area contributed by atoms with Gasteiger partial charge in [-0.2, -0.15) is 0 Å². The lowest BCUT2D eigenvalue weighted by Crippen LogP contribution is -2.17. The molecular weight excluding hydrogens is 232 g/mol. The Bertz CT molecular complexity index is 683. The van der Waals surface area contributed by atoms with Crippen molar-refractivity contribution in [3.05, 3.63) is 34.2 Å². The minimum Gasteiger partial charge on any atom is -0.478 e. The number of imidazole rings is 1. The van der Waals surface area contributed by atoms with Crippen LogP contribution >= 0.6 is 0 Å². The maximum Gasteiger partial charge on any atom is 0.337 e. The van der Waals surface area contributed by atoms with E-state index in [2.05, 4.69) is 11.9 Å². The normalized spacial score (nSPS) is 22.3. The van der Waals surface area contributed by atoms with Gasteiger partial charge in [0.15, 0.2) is 0 Å². The first-order chi connectivity index (χ1) is 8.63. The summed E-state index contributed by atoms with van der Waals surface area (Å²) in [4.78, 5) is 25.9. The van der Waals surface area contributed by atoms with Gasteiger partial charge >= 0.3 is 11.7 Å². The molecule has 1 fully saturated rings. The fraction of sp³-hybridized carbons (Fsp3) is 0.385. The van der Waals surface area contributed by atoms with Crippen LogP contribution in [-0.2, 0) is 0 Å². The molecule has 2 atom stereocenters.